The summed E-state index contributed by atoms with van der Waals surface area (Å²) >= 11 is 0. The van der Waals surface area contributed by atoms with E-state index in [1.807, 2.05) is 0 Å². The van der Waals surface area contributed by atoms with E-state index in [0.717, 1.165) is 12.6 Å². The smallest absolute Gasteiger partial charge is 0.0208 e. The van der Waals surface area contributed by atoms with E-state index in [-0.39, 0.29) is 0 Å². The van der Waals surface area contributed by atoms with Crippen LogP contribution in [0.25, 0.3) is 11.1 Å². The molecule has 1 nitrogen and oxygen atoms in total. The fraction of sp³-hybridized carbons (Fsp3) is 0.368. The number of benzene rings is 2. The van der Waals surface area contributed by atoms with Gasteiger partial charge in [-0.15, -0.1) is 0 Å². The van der Waals surface area contributed by atoms with Crippen molar-refractivity contribution >= 4 is 0 Å². The molecule has 1 aliphatic carbocycles. The van der Waals surface area contributed by atoms with Crippen LogP contribution in [0.1, 0.15) is 35.1 Å². The van der Waals surface area contributed by atoms with Crippen LogP contribution in [-0.4, -0.2) is 6.04 Å². The maximum atomic E-state index is 3.59. The average Bonchev–Trinajstić information content (AvgIpc) is 3.25. The molecular formula is C19H23N. The van der Waals surface area contributed by atoms with Gasteiger partial charge in [0.25, 0.3) is 0 Å². The molecule has 20 heavy (non-hydrogen) atoms. The number of rotatable bonds is 4. The van der Waals surface area contributed by atoms with Crippen LogP contribution in [-0.2, 0) is 6.54 Å². The van der Waals surface area contributed by atoms with Crippen molar-refractivity contribution in [3.8, 4) is 11.1 Å². The highest BCUT2D eigenvalue weighted by Gasteiger charge is 2.20. The quantitative estimate of drug-likeness (QED) is 0.856. The van der Waals surface area contributed by atoms with E-state index in [0.29, 0.717) is 0 Å². The molecule has 3 rings (SSSR count). The van der Waals surface area contributed by atoms with E-state index >= 15 is 0 Å². The number of aryl methyl sites for hydroxylation is 3. The number of hydrogen-bond donors (Lipinski definition) is 1. The number of hydrogen-bond acceptors (Lipinski definition) is 1. The first-order valence-electron chi connectivity index (χ1n) is 7.54. The molecule has 1 saturated carbocycles. The topological polar surface area (TPSA) is 12.0 Å². The summed E-state index contributed by atoms with van der Waals surface area (Å²) in [5.74, 6) is 0. The lowest BCUT2D eigenvalue weighted by Crippen LogP contribution is -2.15. The first kappa shape index (κ1) is 13.4. The Hall–Kier alpha value is -1.60. The summed E-state index contributed by atoms with van der Waals surface area (Å²) in [4.78, 5) is 0. The molecule has 1 fully saturated rings. The Labute approximate surface area is 122 Å². The van der Waals surface area contributed by atoms with E-state index in [9.17, 15) is 0 Å². The molecule has 0 radical (unpaired) electrons. The molecule has 1 heteroatoms. The van der Waals surface area contributed by atoms with Crippen molar-refractivity contribution in [3.63, 3.8) is 0 Å². The highest BCUT2D eigenvalue weighted by atomic mass is 14.9. The minimum atomic E-state index is 0.765. The third-order valence-electron chi connectivity index (χ3n) is 4.29. The summed E-state index contributed by atoms with van der Waals surface area (Å²) in [7, 11) is 0. The zero-order valence-electron chi connectivity index (χ0n) is 12.7. The minimum Gasteiger partial charge on any atom is -0.310 e. The molecule has 2 aromatic carbocycles. The van der Waals surface area contributed by atoms with Gasteiger partial charge in [-0.1, -0.05) is 30.3 Å². The van der Waals surface area contributed by atoms with Crippen molar-refractivity contribution in [1.82, 2.24) is 5.32 Å². The van der Waals surface area contributed by atoms with Crippen LogP contribution in [0, 0.1) is 20.8 Å². The van der Waals surface area contributed by atoms with Crippen LogP contribution in [0.5, 0.6) is 0 Å². The zero-order chi connectivity index (χ0) is 14.1. The lowest BCUT2D eigenvalue weighted by atomic mass is 9.95. The SMILES string of the molecule is Cc1ccc(-c2cc(CNC3CC3)ccc2C)cc1C. The molecule has 0 amide bonds. The standard InChI is InChI=1S/C19H23N/c1-13-5-7-17(10-15(13)3)19-11-16(6-4-14(19)2)12-20-18-8-9-18/h4-7,10-11,18,20H,8-9,12H2,1-3H3. The van der Waals surface area contributed by atoms with Crippen LogP contribution >= 0.6 is 0 Å². The Morgan fingerprint density at radius 2 is 1.65 bits per heavy atom. The first-order chi connectivity index (χ1) is 9.63. The summed E-state index contributed by atoms with van der Waals surface area (Å²) in [5, 5.41) is 3.59. The zero-order valence-corrected chi connectivity index (χ0v) is 12.7. The summed E-state index contributed by atoms with van der Waals surface area (Å²) in [6, 6.07) is 14.4. The molecule has 0 saturated heterocycles. The Bertz CT molecular complexity index is 624. The third-order valence-corrected chi connectivity index (χ3v) is 4.29. The molecule has 104 valence electrons. The van der Waals surface area contributed by atoms with Gasteiger partial charge in [0.2, 0.25) is 0 Å². The second-order valence-electron chi connectivity index (χ2n) is 6.10. The normalized spacial score (nSPS) is 14.6. The molecular weight excluding hydrogens is 242 g/mol. The molecule has 0 bridgehead atoms. The Morgan fingerprint density at radius 1 is 0.900 bits per heavy atom. The second kappa shape index (κ2) is 5.41. The minimum absolute atomic E-state index is 0.765. The van der Waals surface area contributed by atoms with Gasteiger partial charge in [-0.3, -0.25) is 0 Å². The van der Waals surface area contributed by atoms with Crippen LogP contribution < -0.4 is 5.32 Å². The predicted molar refractivity (Wildman–Crippen MR) is 86.0 cm³/mol. The summed E-state index contributed by atoms with van der Waals surface area (Å²) in [6.45, 7) is 7.54. The molecule has 2 aromatic rings. The Balaban J connectivity index is 1.89. The van der Waals surface area contributed by atoms with Crippen LogP contribution in [0.3, 0.4) is 0 Å². The van der Waals surface area contributed by atoms with Crippen molar-refractivity contribution in [3.05, 3.63) is 58.7 Å². The maximum absolute atomic E-state index is 3.59. The van der Waals surface area contributed by atoms with E-state index in [1.54, 1.807) is 0 Å². The van der Waals surface area contributed by atoms with Gasteiger partial charge in [0.15, 0.2) is 0 Å². The average molecular weight is 265 g/mol. The van der Waals surface area contributed by atoms with Crippen molar-refractivity contribution in [2.75, 3.05) is 0 Å². The van der Waals surface area contributed by atoms with E-state index in [4.69, 9.17) is 0 Å². The van der Waals surface area contributed by atoms with Crippen LogP contribution in [0.15, 0.2) is 36.4 Å². The molecule has 0 aromatic heterocycles. The van der Waals surface area contributed by atoms with Gasteiger partial charge in [-0.25, -0.2) is 0 Å². The molecule has 0 heterocycles. The van der Waals surface area contributed by atoms with Gasteiger partial charge in [-0.05, 0) is 73.1 Å². The van der Waals surface area contributed by atoms with E-state index < -0.39 is 0 Å². The van der Waals surface area contributed by atoms with Crippen molar-refractivity contribution in [1.29, 1.82) is 0 Å². The highest BCUT2D eigenvalue weighted by Crippen LogP contribution is 2.27. The lowest BCUT2D eigenvalue weighted by Gasteiger charge is -2.11. The third kappa shape index (κ3) is 2.94. The lowest BCUT2D eigenvalue weighted by molar-refractivity contribution is 0.688. The van der Waals surface area contributed by atoms with Gasteiger partial charge in [0.05, 0.1) is 0 Å². The highest BCUT2D eigenvalue weighted by molar-refractivity contribution is 5.69. The molecule has 1 aliphatic rings. The Morgan fingerprint density at radius 3 is 2.35 bits per heavy atom. The van der Waals surface area contributed by atoms with Gasteiger partial charge in [0, 0.05) is 12.6 Å². The van der Waals surface area contributed by atoms with Gasteiger partial charge in [-0.2, -0.15) is 0 Å². The monoisotopic (exact) mass is 265 g/mol. The van der Waals surface area contributed by atoms with E-state index in [2.05, 4.69) is 62.5 Å². The van der Waals surface area contributed by atoms with E-state index in [1.165, 1.54) is 46.2 Å². The second-order valence-corrected chi connectivity index (χ2v) is 6.10. The van der Waals surface area contributed by atoms with Crippen LogP contribution in [0.2, 0.25) is 0 Å². The van der Waals surface area contributed by atoms with Gasteiger partial charge >= 0.3 is 0 Å². The fourth-order valence-electron chi connectivity index (χ4n) is 2.55. The molecule has 1 N–H and O–H groups in total. The van der Waals surface area contributed by atoms with Crippen molar-refractivity contribution in [2.45, 2.75) is 46.2 Å². The molecule has 0 unspecified atom stereocenters. The first-order valence-corrected chi connectivity index (χ1v) is 7.54. The summed E-state index contributed by atoms with van der Waals surface area (Å²) < 4.78 is 0. The number of nitrogens with one attached hydrogen (secondary N) is 1. The maximum Gasteiger partial charge on any atom is 0.0208 e. The molecule has 0 atom stereocenters. The predicted octanol–water partition coefficient (Wildman–Crippen LogP) is 4.53. The Kier molecular flexibility index (Phi) is 3.62. The van der Waals surface area contributed by atoms with Crippen molar-refractivity contribution < 1.29 is 0 Å². The van der Waals surface area contributed by atoms with Gasteiger partial charge in [0.1, 0.15) is 0 Å². The largest absolute Gasteiger partial charge is 0.310 e. The molecule has 0 spiro atoms. The van der Waals surface area contributed by atoms with Crippen LogP contribution in [0.4, 0.5) is 0 Å². The summed E-state index contributed by atoms with van der Waals surface area (Å²) in [5.41, 5.74) is 8.16. The van der Waals surface area contributed by atoms with Gasteiger partial charge < -0.3 is 5.32 Å². The van der Waals surface area contributed by atoms with Crippen molar-refractivity contribution in [2.24, 2.45) is 0 Å². The molecule has 0 aliphatic heterocycles. The summed E-state index contributed by atoms with van der Waals surface area (Å²) in [6.07, 6.45) is 2.69. The fourth-order valence-corrected chi connectivity index (χ4v) is 2.55.